The summed E-state index contributed by atoms with van der Waals surface area (Å²) >= 11 is 17.4. The molecule has 3 nitrogen and oxygen atoms in total. The molecular formula is C11H7Cl3N2O. The summed E-state index contributed by atoms with van der Waals surface area (Å²) in [6.45, 7) is 0. The Kier molecular flexibility index (Phi) is 3.72. The van der Waals surface area contributed by atoms with Crippen LogP contribution in [0.3, 0.4) is 0 Å². The van der Waals surface area contributed by atoms with Crippen molar-refractivity contribution in [1.29, 1.82) is 0 Å². The first kappa shape index (κ1) is 12.4. The largest absolute Gasteiger partial charge is 0.293 e. The van der Waals surface area contributed by atoms with E-state index in [0.29, 0.717) is 11.4 Å². The lowest BCUT2D eigenvalue weighted by Gasteiger charge is -2.12. The summed E-state index contributed by atoms with van der Waals surface area (Å²) in [5.41, 5.74) is 0.645. The van der Waals surface area contributed by atoms with Crippen molar-refractivity contribution in [2.45, 2.75) is 5.88 Å². The van der Waals surface area contributed by atoms with E-state index in [1.54, 1.807) is 12.1 Å². The highest BCUT2D eigenvalue weighted by Crippen LogP contribution is 2.19. The fourth-order valence-electron chi connectivity index (χ4n) is 1.47. The SMILES string of the molecule is O=c1c(Cl)nc(Cl)c(CCl)n1-c1ccccc1. The maximum Gasteiger partial charge on any atom is 0.293 e. The quantitative estimate of drug-likeness (QED) is 0.795. The Labute approximate surface area is 113 Å². The lowest BCUT2D eigenvalue weighted by Crippen LogP contribution is -2.23. The van der Waals surface area contributed by atoms with Crippen molar-refractivity contribution in [3.05, 3.63) is 56.7 Å². The topological polar surface area (TPSA) is 34.9 Å². The van der Waals surface area contributed by atoms with Gasteiger partial charge < -0.3 is 0 Å². The normalized spacial score (nSPS) is 10.5. The zero-order chi connectivity index (χ0) is 12.4. The zero-order valence-corrected chi connectivity index (χ0v) is 10.8. The van der Waals surface area contributed by atoms with Crippen LogP contribution in [-0.2, 0) is 5.88 Å². The zero-order valence-electron chi connectivity index (χ0n) is 8.53. The van der Waals surface area contributed by atoms with Crippen molar-refractivity contribution in [2.24, 2.45) is 0 Å². The van der Waals surface area contributed by atoms with Gasteiger partial charge in [0.25, 0.3) is 5.56 Å². The number of alkyl halides is 1. The molecule has 0 fully saturated rings. The molecule has 0 aliphatic rings. The lowest BCUT2D eigenvalue weighted by molar-refractivity contribution is 0.893. The van der Waals surface area contributed by atoms with E-state index in [9.17, 15) is 4.79 Å². The van der Waals surface area contributed by atoms with Crippen molar-refractivity contribution in [3.8, 4) is 5.69 Å². The molecule has 0 spiro atoms. The van der Waals surface area contributed by atoms with Gasteiger partial charge in [-0.1, -0.05) is 41.4 Å². The van der Waals surface area contributed by atoms with Crippen molar-refractivity contribution in [2.75, 3.05) is 0 Å². The monoisotopic (exact) mass is 288 g/mol. The van der Waals surface area contributed by atoms with Crippen LogP contribution in [0.1, 0.15) is 5.69 Å². The molecule has 0 atom stereocenters. The van der Waals surface area contributed by atoms with Crippen LogP contribution < -0.4 is 5.56 Å². The van der Waals surface area contributed by atoms with E-state index in [1.165, 1.54) is 4.57 Å². The minimum absolute atomic E-state index is 0.0765. The minimum atomic E-state index is -0.432. The van der Waals surface area contributed by atoms with Crippen molar-refractivity contribution in [3.63, 3.8) is 0 Å². The lowest BCUT2D eigenvalue weighted by atomic mass is 10.3. The summed E-state index contributed by atoms with van der Waals surface area (Å²) < 4.78 is 1.37. The third-order valence-corrected chi connectivity index (χ3v) is 3.03. The molecule has 6 heteroatoms. The first-order chi connectivity index (χ1) is 8.15. The van der Waals surface area contributed by atoms with E-state index in [4.69, 9.17) is 34.8 Å². The summed E-state index contributed by atoms with van der Waals surface area (Å²) in [5.74, 6) is 0.0765. The van der Waals surface area contributed by atoms with Gasteiger partial charge in [-0.3, -0.25) is 9.36 Å². The second-order valence-corrected chi connectivity index (χ2v) is 4.23. The average molecular weight is 290 g/mol. The molecule has 1 aromatic carbocycles. The maximum absolute atomic E-state index is 12.0. The molecule has 0 aliphatic heterocycles. The number of hydrogen-bond acceptors (Lipinski definition) is 2. The van der Waals surface area contributed by atoms with Crippen molar-refractivity contribution in [1.82, 2.24) is 9.55 Å². The highest BCUT2D eigenvalue weighted by atomic mass is 35.5. The molecule has 2 rings (SSSR count). The first-order valence-electron chi connectivity index (χ1n) is 4.73. The van der Waals surface area contributed by atoms with Crippen LogP contribution in [-0.4, -0.2) is 9.55 Å². The molecule has 0 radical (unpaired) electrons. The van der Waals surface area contributed by atoms with Crippen molar-refractivity contribution < 1.29 is 0 Å². The molecule has 0 amide bonds. The summed E-state index contributed by atoms with van der Waals surface area (Å²) in [6.07, 6.45) is 0. The average Bonchev–Trinajstić information content (AvgIpc) is 2.34. The molecule has 0 unspecified atom stereocenters. The standard InChI is InChI=1S/C11H7Cl3N2O/c12-6-8-9(13)15-10(14)11(17)16(8)7-4-2-1-3-5-7/h1-5H,6H2. The molecule has 1 heterocycles. The van der Waals surface area contributed by atoms with Crippen LogP contribution in [0, 0.1) is 0 Å². The van der Waals surface area contributed by atoms with E-state index in [2.05, 4.69) is 4.98 Å². The third kappa shape index (κ3) is 2.32. The Morgan fingerprint density at radius 3 is 2.35 bits per heavy atom. The Bertz CT molecular complexity index is 596. The Hall–Kier alpha value is -1.03. The number of rotatable bonds is 2. The molecule has 0 aliphatic carbocycles. The number of benzene rings is 1. The van der Waals surface area contributed by atoms with Gasteiger partial charge in [-0.2, -0.15) is 0 Å². The maximum atomic E-state index is 12.0. The second-order valence-electron chi connectivity index (χ2n) is 3.25. The van der Waals surface area contributed by atoms with E-state index >= 15 is 0 Å². The predicted molar refractivity (Wildman–Crippen MR) is 69.4 cm³/mol. The number of para-hydroxylation sites is 1. The van der Waals surface area contributed by atoms with Gasteiger partial charge in [0.15, 0.2) is 10.3 Å². The molecule has 88 valence electrons. The van der Waals surface area contributed by atoms with Gasteiger partial charge in [0.1, 0.15) is 0 Å². The van der Waals surface area contributed by atoms with Gasteiger partial charge in [-0.05, 0) is 12.1 Å². The molecule has 17 heavy (non-hydrogen) atoms. The van der Waals surface area contributed by atoms with E-state index in [-0.39, 0.29) is 16.2 Å². The Balaban J connectivity index is 2.80. The van der Waals surface area contributed by atoms with Crippen LogP contribution in [0.4, 0.5) is 0 Å². The van der Waals surface area contributed by atoms with Crippen molar-refractivity contribution >= 4 is 34.8 Å². The predicted octanol–water partition coefficient (Wildman–Crippen LogP) is 3.28. The molecule has 2 aromatic rings. The minimum Gasteiger partial charge on any atom is -0.274 e. The fraction of sp³-hybridized carbons (Fsp3) is 0.0909. The molecule has 0 bridgehead atoms. The van der Waals surface area contributed by atoms with E-state index in [0.717, 1.165) is 0 Å². The highest BCUT2D eigenvalue weighted by molar-refractivity contribution is 6.33. The fourth-order valence-corrected chi connectivity index (χ4v) is 2.23. The van der Waals surface area contributed by atoms with Gasteiger partial charge in [-0.15, -0.1) is 11.6 Å². The Morgan fingerprint density at radius 1 is 1.12 bits per heavy atom. The van der Waals surface area contributed by atoms with Crippen LogP contribution >= 0.6 is 34.8 Å². The van der Waals surface area contributed by atoms with Crippen LogP contribution in [0.25, 0.3) is 5.69 Å². The third-order valence-electron chi connectivity index (χ3n) is 2.22. The molecule has 0 saturated heterocycles. The second kappa shape index (κ2) is 5.08. The number of halogens is 3. The summed E-state index contributed by atoms with van der Waals surface area (Å²) in [4.78, 5) is 15.7. The van der Waals surface area contributed by atoms with Crippen LogP contribution in [0.15, 0.2) is 35.1 Å². The summed E-state index contributed by atoms with van der Waals surface area (Å²) in [5, 5.41) is -0.0406. The summed E-state index contributed by atoms with van der Waals surface area (Å²) in [7, 11) is 0. The van der Waals surface area contributed by atoms with E-state index in [1.807, 2.05) is 18.2 Å². The van der Waals surface area contributed by atoms with E-state index < -0.39 is 5.56 Å². The number of aromatic nitrogens is 2. The van der Waals surface area contributed by atoms with Crippen LogP contribution in [0.5, 0.6) is 0 Å². The van der Waals surface area contributed by atoms with Gasteiger partial charge in [0.2, 0.25) is 0 Å². The first-order valence-corrected chi connectivity index (χ1v) is 6.02. The number of hydrogen-bond donors (Lipinski definition) is 0. The Morgan fingerprint density at radius 2 is 1.76 bits per heavy atom. The molecule has 1 aromatic heterocycles. The summed E-state index contributed by atoms with van der Waals surface area (Å²) in [6, 6.07) is 9.00. The molecule has 0 saturated carbocycles. The van der Waals surface area contributed by atoms with Gasteiger partial charge in [-0.25, -0.2) is 4.98 Å². The van der Waals surface area contributed by atoms with Gasteiger partial charge in [0.05, 0.1) is 11.6 Å². The van der Waals surface area contributed by atoms with Gasteiger partial charge >= 0.3 is 0 Å². The number of nitrogens with zero attached hydrogens (tertiary/aromatic N) is 2. The van der Waals surface area contributed by atoms with Gasteiger partial charge in [0, 0.05) is 5.69 Å². The highest BCUT2D eigenvalue weighted by Gasteiger charge is 2.14. The molecule has 0 N–H and O–H groups in total. The molecular weight excluding hydrogens is 282 g/mol. The smallest absolute Gasteiger partial charge is 0.274 e. The van der Waals surface area contributed by atoms with Crippen LogP contribution in [0.2, 0.25) is 10.3 Å².